The van der Waals surface area contributed by atoms with Gasteiger partial charge < -0.3 is 9.47 Å². The lowest BCUT2D eigenvalue weighted by molar-refractivity contribution is -0.129. The molecule has 0 N–H and O–H groups in total. The Bertz CT molecular complexity index is 932. The number of aromatic nitrogens is 4. The van der Waals surface area contributed by atoms with Crippen molar-refractivity contribution in [2.24, 2.45) is 0 Å². The van der Waals surface area contributed by atoms with Crippen LogP contribution in [0.15, 0.2) is 29.4 Å². The van der Waals surface area contributed by atoms with Gasteiger partial charge in [0, 0.05) is 25.0 Å². The summed E-state index contributed by atoms with van der Waals surface area (Å²) in [6.45, 7) is 4.80. The zero-order valence-electron chi connectivity index (χ0n) is 15.0. The number of aryl methyl sites for hydroxylation is 1. The molecule has 0 radical (unpaired) electrons. The average molecular weight is 369 g/mol. The van der Waals surface area contributed by atoms with Gasteiger partial charge in [-0.3, -0.25) is 4.79 Å². The van der Waals surface area contributed by atoms with Crippen LogP contribution in [0.1, 0.15) is 32.6 Å². The molecule has 4 rings (SSSR count). The maximum absolute atomic E-state index is 12.4. The Balaban J connectivity index is 1.59. The van der Waals surface area contributed by atoms with Crippen molar-refractivity contribution in [3.8, 4) is 0 Å². The molecule has 1 saturated heterocycles. The van der Waals surface area contributed by atoms with Gasteiger partial charge in [0.15, 0.2) is 5.65 Å². The predicted molar refractivity (Wildman–Crippen MR) is 104 cm³/mol. The molecule has 1 aromatic carbocycles. The van der Waals surface area contributed by atoms with Crippen molar-refractivity contribution in [3.05, 3.63) is 24.3 Å². The minimum absolute atomic E-state index is 0.174. The first-order chi connectivity index (χ1) is 12.8. The summed E-state index contributed by atoms with van der Waals surface area (Å²) < 4.78 is 2.20. The van der Waals surface area contributed by atoms with Crippen molar-refractivity contribution in [1.29, 1.82) is 0 Å². The molecule has 0 aliphatic carbocycles. The standard InChI is InChI=1S/C19H23N5OS/c1-2-10-24-15-9-5-4-8-14(15)17-18(24)20-19(22-21-17)26-13-16(25)23-11-6-3-7-12-23/h4-5,8-9H,2-3,6-7,10-13H2,1H3. The molecule has 3 heterocycles. The second kappa shape index (κ2) is 7.61. The molecule has 0 spiro atoms. The van der Waals surface area contributed by atoms with Crippen LogP contribution in [-0.4, -0.2) is 49.4 Å². The fraction of sp³-hybridized carbons (Fsp3) is 0.474. The van der Waals surface area contributed by atoms with Crippen LogP contribution in [0.2, 0.25) is 0 Å². The van der Waals surface area contributed by atoms with Gasteiger partial charge >= 0.3 is 0 Å². The number of carbonyl (C=O) groups is 1. The van der Waals surface area contributed by atoms with Gasteiger partial charge in [-0.05, 0) is 31.7 Å². The zero-order valence-corrected chi connectivity index (χ0v) is 15.8. The Morgan fingerprint density at radius 3 is 2.77 bits per heavy atom. The lowest BCUT2D eigenvalue weighted by atomic mass is 10.1. The molecule has 26 heavy (non-hydrogen) atoms. The highest BCUT2D eigenvalue weighted by Gasteiger charge is 2.18. The van der Waals surface area contributed by atoms with E-state index in [-0.39, 0.29) is 5.91 Å². The van der Waals surface area contributed by atoms with Gasteiger partial charge in [0.05, 0.1) is 11.3 Å². The Morgan fingerprint density at radius 2 is 1.96 bits per heavy atom. The van der Waals surface area contributed by atoms with Crippen molar-refractivity contribution in [3.63, 3.8) is 0 Å². The minimum Gasteiger partial charge on any atom is -0.342 e. The SMILES string of the molecule is CCCn1c2ccccc2c2nnc(SCC(=O)N3CCCCC3)nc21. The largest absolute Gasteiger partial charge is 0.342 e. The molecule has 0 atom stereocenters. The zero-order chi connectivity index (χ0) is 17.9. The van der Waals surface area contributed by atoms with E-state index < -0.39 is 0 Å². The van der Waals surface area contributed by atoms with Gasteiger partial charge in [0.2, 0.25) is 11.1 Å². The van der Waals surface area contributed by atoms with Crippen molar-refractivity contribution < 1.29 is 4.79 Å². The number of likely N-dealkylation sites (tertiary alicyclic amines) is 1. The summed E-state index contributed by atoms with van der Waals surface area (Å²) in [5, 5.41) is 10.3. The molecule has 2 aromatic heterocycles. The molecule has 136 valence electrons. The number of nitrogens with zero attached hydrogens (tertiary/aromatic N) is 5. The first kappa shape index (κ1) is 17.3. The molecule has 6 nitrogen and oxygen atoms in total. The number of hydrogen-bond donors (Lipinski definition) is 0. The highest BCUT2D eigenvalue weighted by Crippen LogP contribution is 2.27. The second-order valence-electron chi connectivity index (χ2n) is 6.67. The van der Waals surface area contributed by atoms with Crippen molar-refractivity contribution in [2.75, 3.05) is 18.8 Å². The van der Waals surface area contributed by atoms with Crippen LogP contribution in [0.5, 0.6) is 0 Å². The monoisotopic (exact) mass is 369 g/mol. The van der Waals surface area contributed by atoms with Crippen LogP contribution in [0.3, 0.4) is 0 Å². The topological polar surface area (TPSA) is 63.9 Å². The molecule has 0 saturated carbocycles. The molecule has 1 aliphatic heterocycles. The molecule has 1 amide bonds. The van der Waals surface area contributed by atoms with Gasteiger partial charge in [0.1, 0.15) is 5.52 Å². The number of rotatable bonds is 5. The first-order valence-electron chi connectivity index (χ1n) is 9.30. The first-order valence-corrected chi connectivity index (χ1v) is 10.3. The second-order valence-corrected chi connectivity index (χ2v) is 7.61. The number of benzene rings is 1. The highest BCUT2D eigenvalue weighted by molar-refractivity contribution is 7.99. The van der Waals surface area contributed by atoms with E-state index in [1.54, 1.807) is 0 Å². The highest BCUT2D eigenvalue weighted by atomic mass is 32.2. The van der Waals surface area contributed by atoms with Crippen LogP contribution in [0.4, 0.5) is 0 Å². The van der Waals surface area contributed by atoms with E-state index in [0.717, 1.165) is 61.0 Å². The molecular weight excluding hydrogens is 346 g/mol. The summed E-state index contributed by atoms with van der Waals surface area (Å²) in [5.74, 6) is 0.550. The van der Waals surface area contributed by atoms with Crippen molar-refractivity contribution in [1.82, 2.24) is 24.6 Å². The third-order valence-electron chi connectivity index (χ3n) is 4.84. The fourth-order valence-electron chi connectivity index (χ4n) is 3.56. The van der Waals surface area contributed by atoms with E-state index in [1.807, 2.05) is 17.0 Å². The normalized spacial score (nSPS) is 15.0. The number of amides is 1. The summed E-state index contributed by atoms with van der Waals surface area (Å²) in [6, 6.07) is 8.21. The average Bonchev–Trinajstić information content (AvgIpc) is 3.00. The van der Waals surface area contributed by atoms with Gasteiger partial charge in [-0.25, -0.2) is 4.98 Å². The Labute approximate surface area is 157 Å². The summed E-state index contributed by atoms with van der Waals surface area (Å²) >= 11 is 1.38. The van der Waals surface area contributed by atoms with E-state index in [2.05, 4.69) is 33.8 Å². The smallest absolute Gasteiger partial charge is 0.233 e. The third kappa shape index (κ3) is 3.28. The van der Waals surface area contributed by atoms with Gasteiger partial charge in [-0.15, -0.1) is 10.2 Å². The number of carbonyl (C=O) groups excluding carboxylic acids is 1. The van der Waals surface area contributed by atoms with Crippen molar-refractivity contribution >= 4 is 39.7 Å². The maximum Gasteiger partial charge on any atom is 0.233 e. The third-order valence-corrected chi connectivity index (χ3v) is 5.66. The Hall–Kier alpha value is -2.15. The molecule has 7 heteroatoms. The number of hydrogen-bond acceptors (Lipinski definition) is 5. The summed E-state index contributed by atoms with van der Waals surface area (Å²) in [5.41, 5.74) is 2.83. The van der Waals surface area contributed by atoms with Crippen LogP contribution in [0, 0.1) is 0 Å². The fourth-order valence-corrected chi connectivity index (χ4v) is 4.25. The van der Waals surface area contributed by atoms with Crippen LogP contribution >= 0.6 is 11.8 Å². The Morgan fingerprint density at radius 1 is 1.15 bits per heavy atom. The van der Waals surface area contributed by atoms with Gasteiger partial charge in [-0.1, -0.05) is 36.9 Å². The molecule has 0 unspecified atom stereocenters. The number of fused-ring (bicyclic) bond motifs is 3. The van der Waals surface area contributed by atoms with Crippen LogP contribution in [-0.2, 0) is 11.3 Å². The van der Waals surface area contributed by atoms with Gasteiger partial charge in [0.25, 0.3) is 0 Å². The number of piperidine rings is 1. The molecular formula is C19H23N5OS. The predicted octanol–water partition coefficient (Wildman–Crippen LogP) is 3.49. The molecule has 0 bridgehead atoms. The van der Waals surface area contributed by atoms with Crippen LogP contribution < -0.4 is 0 Å². The maximum atomic E-state index is 12.4. The molecule has 1 aliphatic rings. The summed E-state index contributed by atoms with van der Waals surface area (Å²) in [6.07, 6.45) is 4.46. The summed E-state index contributed by atoms with van der Waals surface area (Å²) in [7, 11) is 0. The quantitative estimate of drug-likeness (QED) is 0.644. The minimum atomic E-state index is 0.174. The molecule has 3 aromatic rings. The lowest BCUT2D eigenvalue weighted by Crippen LogP contribution is -2.36. The van der Waals surface area contributed by atoms with E-state index in [1.165, 1.54) is 18.2 Å². The Kier molecular flexibility index (Phi) is 5.06. The number of para-hydroxylation sites is 1. The van der Waals surface area contributed by atoms with E-state index in [4.69, 9.17) is 4.98 Å². The lowest BCUT2D eigenvalue weighted by Gasteiger charge is -2.26. The van der Waals surface area contributed by atoms with Crippen LogP contribution in [0.25, 0.3) is 22.1 Å². The van der Waals surface area contributed by atoms with Crippen molar-refractivity contribution in [2.45, 2.75) is 44.3 Å². The van der Waals surface area contributed by atoms with Gasteiger partial charge in [-0.2, -0.15) is 0 Å². The van der Waals surface area contributed by atoms with E-state index in [9.17, 15) is 4.79 Å². The molecule has 1 fully saturated rings. The van der Waals surface area contributed by atoms with E-state index >= 15 is 0 Å². The van der Waals surface area contributed by atoms with E-state index in [0.29, 0.717) is 10.9 Å². The number of thioether (sulfide) groups is 1. The summed E-state index contributed by atoms with van der Waals surface area (Å²) in [4.78, 5) is 19.1.